The Balaban J connectivity index is 2.59. The van der Waals surface area contributed by atoms with Gasteiger partial charge in [-0.15, -0.1) is 0 Å². The van der Waals surface area contributed by atoms with Gasteiger partial charge in [0, 0.05) is 6.42 Å². The number of carbonyl (C=O) groups excluding carboxylic acids is 2. The molecule has 1 aliphatic carbocycles. The zero-order valence-electron chi connectivity index (χ0n) is 11.2. The van der Waals surface area contributed by atoms with Crippen LogP contribution < -0.4 is 5.32 Å². The van der Waals surface area contributed by atoms with Crippen LogP contribution in [0.1, 0.15) is 44.9 Å². The largest absolute Gasteiger partial charge is 0.481 e. The van der Waals surface area contributed by atoms with E-state index in [0.29, 0.717) is 12.8 Å². The number of esters is 1. The van der Waals surface area contributed by atoms with Crippen LogP contribution in [0.2, 0.25) is 0 Å². The monoisotopic (exact) mass is 271 g/mol. The van der Waals surface area contributed by atoms with Gasteiger partial charge in [0.05, 0.1) is 12.5 Å². The van der Waals surface area contributed by atoms with Crippen molar-refractivity contribution in [1.29, 1.82) is 0 Å². The summed E-state index contributed by atoms with van der Waals surface area (Å²) in [7, 11) is 1.23. The number of rotatable bonds is 5. The first-order valence-corrected chi connectivity index (χ1v) is 6.57. The van der Waals surface area contributed by atoms with E-state index in [1.165, 1.54) is 7.11 Å². The van der Waals surface area contributed by atoms with Crippen molar-refractivity contribution < 1.29 is 24.2 Å². The van der Waals surface area contributed by atoms with Gasteiger partial charge in [-0.1, -0.05) is 25.7 Å². The highest BCUT2D eigenvalue weighted by Gasteiger charge is 2.40. The molecule has 0 aromatic carbocycles. The summed E-state index contributed by atoms with van der Waals surface area (Å²) in [5.74, 6) is -1.86. The van der Waals surface area contributed by atoms with Crippen LogP contribution in [0, 0.1) is 5.41 Å². The SMILES string of the molecule is COC(=O)CNC(=O)CC1(C(=O)O)CCCCCC1. The van der Waals surface area contributed by atoms with Gasteiger partial charge in [0.25, 0.3) is 0 Å². The summed E-state index contributed by atoms with van der Waals surface area (Å²) < 4.78 is 4.41. The fourth-order valence-electron chi connectivity index (χ4n) is 2.48. The van der Waals surface area contributed by atoms with Crippen LogP contribution in [0.4, 0.5) is 0 Å². The molecule has 1 amide bonds. The molecule has 0 unspecified atom stereocenters. The topological polar surface area (TPSA) is 92.7 Å². The lowest BCUT2D eigenvalue weighted by Gasteiger charge is -2.27. The molecular weight excluding hydrogens is 250 g/mol. The molecule has 0 aromatic heterocycles. The number of ether oxygens (including phenoxy) is 1. The number of aliphatic carboxylic acids is 1. The average molecular weight is 271 g/mol. The zero-order chi connectivity index (χ0) is 14.3. The van der Waals surface area contributed by atoms with E-state index in [1.807, 2.05) is 0 Å². The van der Waals surface area contributed by atoms with Crippen molar-refractivity contribution in [3.8, 4) is 0 Å². The van der Waals surface area contributed by atoms with Crippen LogP contribution in [0.3, 0.4) is 0 Å². The smallest absolute Gasteiger partial charge is 0.325 e. The van der Waals surface area contributed by atoms with Crippen molar-refractivity contribution in [2.45, 2.75) is 44.9 Å². The van der Waals surface area contributed by atoms with Crippen molar-refractivity contribution in [2.75, 3.05) is 13.7 Å². The molecule has 1 aliphatic rings. The Labute approximate surface area is 112 Å². The summed E-state index contributed by atoms with van der Waals surface area (Å²) in [6.07, 6.45) is 4.66. The van der Waals surface area contributed by atoms with Gasteiger partial charge in [-0.3, -0.25) is 14.4 Å². The summed E-state index contributed by atoms with van der Waals surface area (Å²) in [4.78, 5) is 34.2. The van der Waals surface area contributed by atoms with Gasteiger partial charge in [-0.2, -0.15) is 0 Å². The summed E-state index contributed by atoms with van der Waals surface area (Å²) in [5, 5.41) is 11.8. The molecule has 0 heterocycles. The van der Waals surface area contributed by atoms with Gasteiger partial charge in [-0.05, 0) is 12.8 Å². The fraction of sp³-hybridized carbons (Fsp3) is 0.769. The summed E-state index contributed by atoms with van der Waals surface area (Å²) in [5.41, 5.74) is -0.975. The molecule has 0 saturated heterocycles. The van der Waals surface area contributed by atoms with E-state index >= 15 is 0 Å². The van der Waals surface area contributed by atoms with Gasteiger partial charge in [0.1, 0.15) is 6.54 Å². The molecule has 6 nitrogen and oxygen atoms in total. The lowest BCUT2D eigenvalue weighted by atomic mass is 9.77. The number of nitrogens with one attached hydrogen (secondary N) is 1. The Morgan fingerprint density at radius 2 is 1.74 bits per heavy atom. The summed E-state index contributed by atoms with van der Waals surface area (Å²) >= 11 is 0. The van der Waals surface area contributed by atoms with Gasteiger partial charge in [-0.25, -0.2) is 0 Å². The Morgan fingerprint density at radius 3 is 2.21 bits per heavy atom. The third-order valence-electron chi connectivity index (χ3n) is 3.67. The first-order valence-electron chi connectivity index (χ1n) is 6.57. The Hall–Kier alpha value is -1.59. The fourth-order valence-corrected chi connectivity index (χ4v) is 2.48. The van der Waals surface area contributed by atoms with Crippen LogP contribution in [0.15, 0.2) is 0 Å². The van der Waals surface area contributed by atoms with Gasteiger partial charge < -0.3 is 15.2 Å². The first-order chi connectivity index (χ1) is 9.00. The number of hydrogen-bond donors (Lipinski definition) is 2. The molecule has 1 saturated carbocycles. The summed E-state index contributed by atoms with van der Waals surface area (Å²) in [6.45, 7) is -0.217. The van der Waals surface area contributed by atoms with Gasteiger partial charge >= 0.3 is 11.9 Å². The second kappa shape index (κ2) is 7.11. The van der Waals surface area contributed by atoms with E-state index in [9.17, 15) is 19.5 Å². The van der Waals surface area contributed by atoms with Crippen molar-refractivity contribution >= 4 is 17.8 Å². The van der Waals surface area contributed by atoms with Crippen molar-refractivity contribution in [3.05, 3.63) is 0 Å². The molecule has 2 N–H and O–H groups in total. The van der Waals surface area contributed by atoms with E-state index < -0.39 is 23.3 Å². The maximum atomic E-state index is 11.8. The van der Waals surface area contributed by atoms with Crippen LogP contribution in [-0.2, 0) is 19.1 Å². The van der Waals surface area contributed by atoms with Crippen LogP contribution >= 0.6 is 0 Å². The highest BCUT2D eigenvalue weighted by atomic mass is 16.5. The molecule has 1 fully saturated rings. The Bertz CT molecular complexity index is 345. The maximum Gasteiger partial charge on any atom is 0.325 e. The number of hydrogen-bond acceptors (Lipinski definition) is 4. The normalized spacial score (nSPS) is 18.2. The third kappa shape index (κ3) is 4.54. The van der Waals surface area contributed by atoms with Crippen molar-refractivity contribution in [3.63, 3.8) is 0 Å². The van der Waals surface area contributed by atoms with Crippen molar-refractivity contribution in [1.82, 2.24) is 5.32 Å². The molecule has 1 rings (SSSR count). The highest BCUT2D eigenvalue weighted by Crippen LogP contribution is 2.38. The second-order valence-corrected chi connectivity index (χ2v) is 5.03. The van der Waals surface area contributed by atoms with E-state index in [0.717, 1.165) is 25.7 Å². The van der Waals surface area contributed by atoms with E-state index in [4.69, 9.17) is 0 Å². The predicted molar refractivity (Wildman–Crippen MR) is 67.4 cm³/mol. The quantitative estimate of drug-likeness (QED) is 0.577. The molecular formula is C13H21NO5. The average Bonchev–Trinajstić information content (AvgIpc) is 2.62. The number of amides is 1. The van der Waals surface area contributed by atoms with Crippen molar-refractivity contribution in [2.24, 2.45) is 5.41 Å². The Kier molecular flexibility index (Phi) is 5.79. The second-order valence-electron chi connectivity index (χ2n) is 5.03. The predicted octanol–water partition coefficient (Wildman–Crippen LogP) is 1.09. The minimum atomic E-state index is -0.975. The first kappa shape index (κ1) is 15.5. The molecule has 0 atom stereocenters. The number of methoxy groups -OCH3 is 1. The number of carbonyl (C=O) groups is 3. The highest BCUT2D eigenvalue weighted by molar-refractivity contribution is 5.87. The minimum Gasteiger partial charge on any atom is -0.481 e. The minimum absolute atomic E-state index is 0.0701. The molecule has 0 bridgehead atoms. The van der Waals surface area contributed by atoms with Crippen LogP contribution in [0.25, 0.3) is 0 Å². The lowest BCUT2D eigenvalue weighted by molar-refractivity contribution is -0.153. The van der Waals surface area contributed by atoms with Crippen LogP contribution in [0.5, 0.6) is 0 Å². The van der Waals surface area contributed by atoms with Crippen LogP contribution in [-0.4, -0.2) is 36.6 Å². The number of carboxylic acids is 1. The molecule has 0 aliphatic heterocycles. The molecule has 19 heavy (non-hydrogen) atoms. The maximum absolute atomic E-state index is 11.8. The molecule has 108 valence electrons. The third-order valence-corrected chi connectivity index (χ3v) is 3.67. The van der Waals surface area contributed by atoms with Gasteiger partial charge in [0.2, 0.25) is 5.91 Å². The van der Waals surface area contributed by atoms with E-state index in [2.05, 4.69) is 10.1 Å². The summed E-state index contributed by atoms with van der Waals surface area (Å²) in [6, 6.07) is 0. The standard InChI is InChI=1S/C13H21NO5/c1-19-11(16)9-14-10(15)8-13(12(17)18)6-4-2-3-5-7-13/h2-9H2,1H3,(H,14,15)(H,17,18). The Morgan fingerprint density at radius 1 is 1.16 bits per heavy atom. The van der Waals surface area contributed by atoms with E-state index in [1.54, 1.807) is 0 Å². The molecule has 0 aromatic rings. The molecule has 0 spiro atoms. The van der Waals surface area contributed by atoms with E-state index in [-0.39, 0.29) is 13.0 Å². The zero-order valence-corrected chi connectivity index (χ0v) is 11.2. The number of carboxylic acid groups (broad SMARTS) is 1. The lowest BCUT2D eigenvalue weighted by Crippen LogP contribution is -2.39. The van der Waals surface area contributed by atoms with Gasteiger partial charge in [0.15, 0.2) is 0 Å². The molecule has 6 heteroatoms. The molecule has 0 radical (unpaired) electrons.